The minimum Gasteiger partial charge on any atom is -0.481 e. The number of aliphatic carboxylic acids is 1. The number of hydrogen-bond donors (Lipinski definition) is 2. The predicted octanol–water partition coefficient (Wildman–Crippen LogP) is 1.51. The molecule has 9 heteroatoms. The molecule has 0 fully saturated rings. The molecule has 23 heavy (non-hydrogen) atoms. The van der Waals surface area contributed by atoms with E-state index in [-0.39, 0.29) is 0 Å². The van der Waals surface area contributed by atoms with E-state index in [0.29, 0.717) is 22.8 Å². The van der Waals surface area contributed by atoms with E-state index < -0.39 is 25.1 Å². The van der Waals surface area contributed by atoms with E-state index >= 15 is 0 Å². The first-order valence-corrected chi connectivity index (χ1v) is 8.04. The number of carbonyl (C=O) groups is 1. The van der Waals surface area contributed by atoms with E-state index in [4.69, 9.17) is 9.39 Å². The van der Waals surface area contributed by atoms with Crippen molar-refractivity contribution in [3.8, 4) is 10.9 Å². The van der Waals surface area contributed by atoms with Crippen molar-refractivity contribution in [2.24, 2.45) is 5.92 Å². The van der Waals surface area contributed by atoms with Gasteiger partial charge in [0.2, 0.25) is 0 Å². The van der Waals surface area contributed by atoms with Crippen LogP contribution in [0.5, 0.6) is 10.9 Å². The molecule has 3 rings (SSSR count). The highest BCUT2D eigenvalue weighted by Crippen LogP contribution is 2.37. The maximum Gasteiger partial charge on any atom is 0.492 e. The SMILES string of the molecule is CCC(C(=O)O)[C@H]1OB(O)c2cc(Oc3nncs3)cc(C)c21. The van der Waals surface area contributed by atoms with Crippen LogP contribution in [0.4, 0.5) is 0 Å². The van der Waals surface area contributed by atoms with E-state index in [1.807, 2.05) is 6.92 Å². The lowest BCUT2D eigenvalue weighted by atomic mass is 9.77. The van der Waals surface area contributed by atoms with Gasteiger partial charge in [0, 0.05) is 0 Å². The molecule has 2 atom stereocenters. The third kappa shape index (κ3) is 2.95. The molecule has 2 aromatic rings. The van der Waals surface area contributed by atoms with Crippen LogP contribution in [0, 0.1) is 12.8 Å². The summed E-state index contributed by atoms with van der Waals surface area (Å²) >= 11 is 1.25. The molecule has 1 unspecified atom stereocenters. The molecule has 1 aromatic heterocycles. The highest BCUT2D eigenvalue weighted by molar-refractivity contribution is 7.11. The minimum absolute atomic E-state index is 0.395. The van der Waals surface area contributed by atoms with E-state index in [2.05, 4.69) is 10.2 Å². The molecule has 0 radical (unpaired) electrons. The Balaban J connectivity index is 1.97. The van der Waals surface area contributed by atoms with Gasteiger partial charge in [-0.05, 0) is 42.1 Å². The van der Waals surface area contributed by atoms with Crippen LogP contribution < -0.4 is 10.2 Å². The normalized spacial score (nSPS) is 17.9. The van der Waals surface area contributed by atoms with E-state index in [9.17, 15) is 14.9 Å². The van der Waals surface area contributed by atoms with Crippen LogP contribution in [0.25, 0.3) is 0 Å². The summed E-state index contributed by atoms with van der Waals surface area (Å²) < 4.78 is 11.1. The van der Waals surface area contributed by atoms with Crippen molar-refractivity contribution in [2.45, 2.75) is 26.4 Å². The Hall–Kier alpha value is -1.97. The molecule has 1 aromatic carbocycles. The second-order valence-corrected chi connectivity index (χ2v) is 6.11. The van der Waals surface area contributed by atoms with E-state index in [0.717, 1.165) is 11.1 Å². The van der Waals surface area contributed by atoms with Gasteiger partial charge >= 0.3 is 13.1 Å². The topological polar surface area (TPSA) is 102 Å². The molecule has 0 spiro atoms. The number of ether oxygens (including phenoxy) is 1. The first kappa shape index (κ1) is 15.9. The van der Waals surface area contributed by atoms with Gasteiger partial charge in [-0.1, -0.05) is 23.4 Å². The Morgan fingerprint density at radius 1 is 1.57 bits per heavy atom. The monoisotopic (exact) mass is 334 g/mol. The molecule has 7 nitrogen and oxygen atoms in total. The largest absolute Gasteiger partial charge is 0.492 e. The van der Waals surface area contributed by atoms with Gasteiger partial charge in [-0.3, -0.25) is 4.79 Å². The van der Waals surface area contributed by atoms with Crippen LogP contribution in [0.2, 0.25) is 0 Å². The van der Waals surface area contributed by atoms with Crippen molar-refractivity contribution in [1.82, 2.24) is 10.2 Å². The Kier molecular flexibility index (Phi) is 4.34. The Bertz CT molecular complexity index is 724. The predicted molar refractivity (Wildman–Crippen MR) is 84.0 cm³/mol. The van der Waals surface area contributed by atoms with Gasteiger partial charge in [-0.25, -0.2) is 0 Å². The van der Waals surface area contributed by atoms with Gasteiger partial charge in [-0.2, -0.15) is 0 Å². The quantitative estimate of drug-likeness (QED) is 0.799. The third-order valence-electron chi connectivity index (χ3n) is 3.89. The van der Waals surface area contributed by atoms with Crippen molar-refractivity contribution in [3.05, 3.63) is 28.8 Å². The molecule has 2 N–H and O–H groups in total. The maximum atomic E-state index is 11.4. The number of fused-ring (bicyclic) bond motifs is 1. The molecular formula is C14H15BN2O5S. The van der Waals surface area contributed by atoms with Gasteiger partial charge in [-0.15, -0.1) is 5.10 Å². The molecule has 120 valence electrons. The molecule has 0 aliphatic carbocycles. The van der Waals surface area contributed by atoms with Gasteiger partial charge in [0.25, 0.3) is 5.19 Å². The smallest absolute Gasteiger partial charge is 0.481 e. The molecule has 0 amide bonds. The highest BCUT2D eigenvalue weighted by atomic mass is 32.1. The average Bonchev–Trinajstić information content (AvgIpc) is 3.09. The Labute approximate surface area is 137 Å². The van der Waals surface area contributed by atoms with Crippen LogP contribution in [0.15, 0.2) is 17.6 Å². The minimum atomic E-state index is -1.17. The summed E-state index contributed by atoms with van der Waals surface area (Å²) in [6, 6.07) is 3.44. The number of nitrogens with zero attached hydrogens (tertiary/aromatic N) is 2. The van der Waals surface area contributed by atoms with Gasteiger partial charge in [0.15, 0.2) is 0 Å². The lowest BCUT2D eigenvalue weighted by Gasteiger charge is -2.21. The number of aromatic nitrogens is 2. The number of hydrogen-bond acceptors (Lipinski definition) is 7. The lowest BCUT2D eigenvalue weighted by Crippen LogP contribution is -2.28. The zero-order valence-electron chi connectivity index (χ0n) is 12.6. The fourth-order valence-corrected chi connectivity index (χ4v) is 3.27. The maximum absolute atomic E-state index is 11.4. The van der Waals surface area contributed by atoms with Crippen LogP contribution in [0.1, 0.15) is 30.6 Å². The summed E-state index contributed by atoms with van der Waals surface area (Å²) in [5.74, 6) is -1.14. The molecule has 0 bridgehead atoms. The van der Waals surface area contributed by atoms with Crippen LogP contribution in [-0.4, -0.2) is 33.4 Å². The number of carboxylic acid groups (broad SMARTS) is 1. The van der Waals surface area contributed by atoms with Crippen LogP contribution >= 0.6 is 11.3 Å². The summed E-state index contributed by atoms with van der Waals surface area (Å²) in [6.45, 7) is 3.63. The Morgan fingerprint density at radius 3 is 2.96 bits per heavy atom. The fourth-order valence-electron chi connectivity index (χ4n) is 2.85. The number of rotatable bonds is 5. The zero-order chi connectivity index (χ0) is 16.6. The molecule has 1 aliphatic rings. The standard InChI is InChI=1S/C14H15BN2O5S/c1-3-9(13(18)19)12-11-7(2)4-8(5-10(11)15(20)22-12)21-14-17-16-6-23-14/h4-6,9,12,20H,3H2,1-2H3,(H,18,19)/t9?,12-/m1/s1. The summed E-state index contributed by atoms with van der Waals surface area (Å²) in [4.78, 5) is 11.4. The summed E-state index contributed by atoms with van der Waals surface area (Å²) in [5.41, 5.74) is 3.62. The molecule has 0 saturated heterocycles. The molecular weight excluding hydrogens is 319 g/mol. The zero-order valence-corrected chi connectivity index (χ0v) is 13.4. The van der Waals surface area contributed by atoms with Crippen molar-refractivity contribution in [3.63, 3.8) is 0 Å². The van der Waals surface area contributed by atoms with Crippen LogP contribution in [0.3, 0.4) is 0 Å². The average molecular weight is 334 g/mol. The lowest BCUT2D eigenvalue weighted by molar-refractivity contribution is -0.145. The van der Waals surface area contributed by atoms with E-state index in [1.165, 1.54) is 11.3 Å². The van der Waals surface area contributed by atoms with Gasteiger partial charge in [0.05, 0.1) is 12.0 Å². The number of carboxylic acids is 1. The van der Waals surface area contributed by atoms with Crippen molar-refractivity contribution < 1.29 is 24.3 Å². The van der Waals surface area contributed by atoms with Crippen molar-refractivity contribution >= 4 is 29.9 Å². The first-order chi connectivity index (χ1) is 11.0. The second-order valence-electron chi connectivity index (χ2n) is 5.31. The molecule has 0 saturated carbocycles. The first-order valence-electron chi connectivity index (χ1n) is 7.16. The highest BCUT2D eigenvalue weighted by Gasteiger charge is 2.42. The number of benzene rings is 1. The van der Waals surface area contributed by atoms with Gasteiger partial charge < -0.3 is 19.5 Å². The molecule has 1 aliphatic heterocycles. The third-order valence-corrected chi connectivity index (χ3v) is 4.45. The van der Waals surface area contributed by atoms with E-state index in [1.54, 1.807) is 24.6 Å². The fraction of sp³-hybridized carbons (Fsp3) is 0.357. The Morgan fingerprint density at radius 2 is 2.35 bits per heavy atom. The van der Waals surface area contributed by atoms with Crippen molar-refractivity contribution in [2.75, 3.05) is 0 Å². The summed E-state index contributed by atoms with van der Waals surface area (Å²) in [5, 5.41) is 27.4. The van der Waals surface area contributed by atoms with Crippen LogP contribution in [-0.2, 0) is 9.45 Å². The van der Waals surface area contributed by atoms with Crippen molar-refractivity contribution in [1.29, 1.82) is 0 Å². The van der Waals surface area contributed by atoms with Gasteiger partial charge in [0.1, 0.15) is 11.3 Å². The number of aryl methyl sites for hydroxylation is 1. The molecule has 2 heterocycles. The summed E-state index contributed by atoms with van der Waals surface area (Å²) in [7, 11) is -1.17. The summed E-state index contributed by atoms with van der Waals surface area (Å²) in [6.07, 6.45) is -0.257. The second kappa shape index (κ2) is 6.27.